The molecule has 0 saturated heterocycles. The maximum absolute atomic E-state index is 7.65. The highest BCUT2D eigenvalue weighted by atomic mass is 32.2. The van der Waals surface area contributed by atoms with Crippen molar-refractivity contribution >= 4 is 35.0 Å². The van der Waals surface area contributed by atoms with Crippen LogP contribution < -0.4 is 0 Å². The second kappa shape index (κ2) is 5.14. The number of rotatable bonds is 5. The van der Waals surface area contributed by atoms with Crippen LogP contribution >= 0.6 is 23.1 Å². The molecule has 13 heavy (non-hydrogen) atoms. The third-order valence-electron chi connectivity index (χ3n) is 1.40. The Kier molecular flexibility index (Phi) is 4.11. The minimum atomic E-state index is 0.376. The van der Waals surface area contributed by atoms with Crippen LogP contribution in [0, 0.1) is 10.8 Å². The third-order valence-corrected chi connectivity index (χ3v) is 3.41. The van der Waals surface area contributed by atoms with E-state index in [0.717, 1.165) is 15.7 Å². The summed E-state index contributed by atoms with van der Waals surface area (Å²) in [5.74, 6) is 0.993. The van der Waals surface area contributed by atoms with Crippen molar-refractivity contribution in [1.29, 1.82) is 10.8 Å². The summed E-state index contributed by atoms with van der Waals surface area (Å²) in [5, 5.41) is 14.6. The molecule has 0 bridgehead atoms. The number of nitrogens with one attached hydrogen (secondary N) is 2. The van der Waals surface area contributed by atoms with Crippen molar-refractivity contribution in [2.75, 3.05) is 5.75 Å². The number of thiazole rings is 1. The maximum atomic E-state index is 7.65. The topological polar surface area (TPSA) is 60.6 Å². The Morgan fingerprint density at radius 1 is 1.77 bits per heavy atom. The van der Waals surface area contributed by atoms with E-state index in [1.807, 2.05) is 0 Å². The lowest BCUT2D eigenvalue weighted by atomic mass is 10.2. The van der Waals surface area contributed by atoms with E-state index in [1.165, 1.54) is 6.21 Å². The van der Waals surface area contributed by atoms with E-state index in [0.29, 0.717) is 12.1 Å². The molecule has 1 rings (SSSR count). The molecule has 2 N–H and O–H groups in total. The highest BCUT2D eigenvalue weighted by molar-refractivity contribution is 8.01. The summed E-state index contributed by atoms with van der Waals surface area (Å²) in [6.07, 6.45) is 1.61. The fourth-order valence-corrected chi connectivity index (χ4v) is 2.74. The van der Waals surface area contributed by atoms with Crippen molar-refractivity contribution in [3.63, 3.8) is 0 Å². The van der Waals surface area contributed by atoms with Gasteiger partial charge >= 0.3 is 0 Å². The lowest BCUT2D eigenvalue weighted by Gasteiger charge is -1.99. The monoisotopic (exact) mass is 213 g/mol. The average Bonchev–Trinajstić information content (AvgIpc) is 2.54. The molecule has 0 unspecified atom stereocenters. The summed E-state index contributed by atoms with van der Waals surface area (Å²) < 4.78 is 1.09. The van der Waals surface area contributed by atoms with E-state index in [-0.39, 0.29) is 0 Å². The minimum Gasteiger partial charge on any atom is -0.313 e. The summed E-state index contributed by atoms with van der Waals surface area (Å²) >= 11 is 3.27. The zero-order valence-electron chi connectivity index (χ0n) is 7.33. The first kappa shape index (κ1) is 10.4. The Labute approximate surface area is 85.6 Å². The molecule has 0 radical (unpaired) electrons. The molecule has 1 aromatic rings. The van der Waals surface area contributed by atoms with Crippen molar-refractivity contribution in [2.24, 2.45) is 0 Å². The van der Waals surface area contributed by atoms with Crippen LogP contribution in [0.5, 0.6) is 0 Å². The SMILES string of the molecule is CCSc1scnc1C(=N)CC=N. The molecule has 1 heterocycles. The van der Waals surface area contributed by atoms with Gasteiger partial charge in [0, 0.05) is 12.6 Å². The van der Waals surface area contributed by atoms with Gasteiger partial charge in [0.15, 0.2) is 0 Å². The Morgan fingerprint density at radius 2 is 2.54 bits per heavy atom. The highest BCUT2D eigenvalue weighted by Gasteiger charge is 2.09. The molecular weight excluding hydrogens is 202 g/mol. The lowest BCUT2D eigenvalue weighted by Crippen LogP contribution is -2.00. The molecule has 70 valence electrons. The molecule has 0 aliphatic heterocycles. The Morgan fingerprint density at radius 3 is 3.15 bits per heavy atom. The number of hydrogen-bond acceptors (Lipinski definition) is 5. The van der Waals surface area contributed by atoms with Gasteiger partial charge in [-0.1, -0.05) is 6.92 Å². The molecule has 0 spiro atoms. The van der Waals surface area contributed by atoms with Crippen LogP contribution in [0.4, 0.5) is 0 Å². The highest BCUT2D eigenvalue weighted by Crippen LogP contribution is 2.26. The molecule has 0 aliphatic carbocycles. The van der Waals surface area contributed by atoms with Crippen LogP contribution in [0.3, 0.4) is 0 Å². The average molecular weight is 213 g/mol. The second-order valence-corrected chi connectivity index (χ2v) is 4.70. The number of aromatic nitrogens is 1. The Bertz CT molecular complexity index is 306. The predicted molar refractivity (Wildman–Crippen MR) is 58.7 cm³/mol. The van der Waals surface area contributed by atoms with Crippen molar-refractivity contribution in [3.05, 3.63) is 11.2 Å². The zero-order valence-corrected chi connectivity index (χ0v) is 8.97. The summed E-state index contributed by atoms with van der Waals surface area (Å²) in [4.78, 5) is 4.12. The second-order valence-electron chi connectivity index (χ2n) is 2.31. The standard InChI is InChI=1S/C8H11N3S2/c1-2-12-8-7(11-5-13-8)6(10)3-4-9/h4-5,9-10H,2-3H2,1H3. The third kappa shape index (κ3) is 2.63. The minimum absolute atomic E-state index is 0.376. The number of nitrogens with zero attached hydrogens (tertiary/aromatic N) is 1. The van der Waals surface area contributed by atoms with Gasteiger partial charge < -0.3 is 10.8 Å². The van der Waals surface area contributed by atoms with Crippen molar-refractivity contribution in [1.82, 2.24) is 4.98 Å². The van der Waals surface area contributed by atoms with Gasteiger partial charge in [0.2, 0.25) is 0 Å². The predicted octanol–water partition coefficient (Wildman–Crippen LogP) is 2.66. The molecule has 0 amide bonds. The van der Waals surface area contributed by atoms with Crippen LogP contribution in [0.15, 0.2) is 9.72 Å². The van der Waals surface area contributed by atoms with E-state index >= 15 is 0 Å². The smallest absolute Gasteiger partial charge is 0.109 e. The first-order valence-corrected chi connectivity index (χ1v) is 5.79. The molecule has 0 aromatic carbocycles. The fraction of sp³-hybridized carbons (Fsp3) is 0.375. The van der Waals surface area contributed by atoms with Crippen molar-refractivity contribution in [3.8, 4) is 0 Å². The number of thioether (sulfide) groups is 1. The Balaban J connectivity index is 2.80. The van der Waals surface area contributed by atoms with Crippen molar-refractivity contribution < 1.29 is 0 Å². The van der Waals surface area contributed by atoms with E-state index in [9.17, 15) is 0 Å². The van der Waals surface area contributed by atoms with Crippen LogP contribution in [-0.4, -0.2) is 22.7 Å². The van der Waals surface area contributed by atoms with Gasteiger partial charge in [-0.25, -0.2) is 4.98 Å². The molecule has 0 atom stereocenters. The summed E-state index contributed by atoms with van der Waals surface area (Å²) in [5.41, 5.74) is 2.94. The van der Waals surface area contributed by atoms with E-state index in [4.69, 9.17) is 10.8 Å². The van der Waals surface area contributed by atoms with E-state index < -0.39 is 0 Å². The molecule has 0 aliphatic rings. The van der Waals surface area contributed by atoms with Crippen LogP contribution in [0.2, 0.25) is 0 Å². The van der Waals surface area contributed by atoms with Crippen molar-refractivity contribution in [2.45, 2.75) is 17.6 Å². The molecule has 3 nitrogen and oxygen atoms in total. The van der Waals surface area contributed by atoms with Gasteiger partial charge in [-0.15, -0.1) is 23.1 Å². The van der Waals surface area contributed by atoms with E-state index in [1.54, 1.807) is 28.6 Å². The van der Waals surface area contributed by atoms with Crippen LogP contribution in [0.1, 0.15) is 19.0 Å². The molecule has 5 heteroatoms. The summed E-state index contributed by atoms with van der Waals surface area (Å²) in [6, 6.07) is 0. The maximum Gasteiger partial charge on any atom is 0.109 e. The molecule has 1 aromatic heterocycles. The lowest BCUT2D eigenvalue weighted by molar-refractivity contribution is 1.26. The van der Waals surface area contributed by atoms with Gasteiger partial charge in [0.05, 0.1) is 15.4 Å². The first-order chi connectivity index (χ1) is 6.29. The Hall–Kier alpha value is -0.680. The van der Waals surface area contributed by atoms with Gasteiger partial charge in [0.25, 0.3) is 0 Å². The molecular formula is C8H11N3S2. The number of hydrogen-bond donors (Lipinski definition) is 2. The quantitative estimate of drug-likeness (QED) is 0.583. The van der Waals surface area contributed by atoms with Gasteiger partial charge in [-0.3, -0.25) is 0 Å². The molecule has 0 fully saturated rings. The van der Waals surface area contributed by atoms with E-state index in [2.05, 4.69) is 11.9 Å². The summed E-state index contributed by atoms with van der Waals surface area (Å²) in [6.45, 7) is 2.08. The van der Waals surface area contributed by atoms with Crippen LogP contribution in [-0.2, 0) is 0 Å². The largest absolute Gasteiger partial charge is 0.313 e. The van der Waals surface area contributed by atoms with Gasteiger partial charge in [0.1, 0.15) is 5.69 Å². The molecule has 0 saturated carbocycles. The fourth-order valence-electron chi connectivity index (χ4n) is 0.869. The van der Waals surface area contributed by atoms with Gasteiger partial charge in [-0.2, -0.15) is 0 Å². The van der Waals surface area contributed by atoms with Gasteiger partial charge in [-0.05, 0) is 5.75 Å². The summed E-state index contributed by atoms with van der Waals surface area (Å²) in [7, 11) is 0. The first-order valence-electron chi connectivity index (χ1n) is 3.92. The zero-order chi connectivity index (χ0) is 9.68. The van der Waals surface area contributed by atoms with Crippen LogP contribution in [0.25, 0.3) is 0 Å². The normalized spacial score (nSPS) is 9.92.